The number of nitrogens with one attached hydrogen (secondary N) is 2. The maximum Gasteiger partial charge on any atom is 0.265 e. The predicted molar refractivity (Wildman–Crippen MR) is 127 cm³/mol. The van der Waals surface area contributed by atoms with Crippen molar-refractivity contribution in [2.24, 2.45) is 0 Å². The zero-order valence-electron chi connectivity index (χ0n) is 17.0. The van der Waals surface area contributed by atoms with E-state index in [2.05, 4.69) is 35.7 Å². The lowest BCUT2D eigenvalue weighted by Crippen LogP contribution is -2.16. The first-order chi connectivity index (χ1) is 15.5. The van der Waals surface area contributed by atoms with Crippen molar-refractivity contribution in [3.63, 3.8) is 0 Å². The summed E-state index contributed by atoms with van der Waals surface area (Å²) in [6, 6.07) is 20.0. The third-order valence-corrected chi connectivity index (χ3v) is 6.85. The minimum Gasteiger partial charge on any atom is -0.337 e. The predicted octanol–water partition coefficient (Wildman–Crippen LogP) is 4.74. The fourth-order valence-electron chi connectivity index (χ4n) is 3.34. The molecule has 0 aliphatic rings. The molecule has 5 aromatic rings. The molecule has 0 saturated heterocycles. The Labute approximate surface area is 188 Å². The van der Waals surface area contributed by atoms with Crippen LogP contribution in [0.5, 0.6) is 0 Å². The van der Waals surface area contributed by atoms with E-state index >= 15 is 0 Å². The number of aryl methyl sites for hydroxylation is 1. The summed E-state index contributed by atoms with van der Waals surface area (Å²) in [7, 11) is -3.99. The molecule has 2 aromatic heterocycles. The van der Waals surface area contributed by atoms with E-state index in [9.17, 15) is 8.42 Å². The molecular formula is C22H18N6O2S2. The lowest BCUT2D eigenvalue weighted by atomic mass is 10.1. The van der Waals surface area contributed by atoms with E-state index in [1.165, 1.54) is 6.07 Å². The second-order valence-electron chi connectivity index (χ2n) is 7.08. The van der Waals surface area contributed by atoms with E-state index in [0.717, 1.165) is 29.4 Å². The first-order valence-corrected chi connectivity index (χ1v) is 12.1. The number of sulfonamides is 1. The molecule has 160 valence electrons. The first kappa shape index (κ1) is 20.3. The molecule has 0 unspecified atom stereocenters. The van der Waals surface area contributed by atoms with Crippen LogP contribution >= 0.6 is 11.7 Å². The highest BCUT2D eigenvalue weighted by Gasteiger charge is 2.22. The number of hydrogen-bond acceptors (Lipinski definition) is 8. The van der Waals surface area contributed by atoms with Crippen molar-refractivity contribution in [3.8, 4) is 0 Å². The zero-order chi connectivity index (χ0) is 22.1. The molecule has 0 aliphatic carbocycles. The molecule has 0 saturated carbocycles. The fraction of sp³-hybridized carbons (Fsp3) is 0.0909. The average molecular weight is 463 g/mol. The van der Waals surface area contributed by atoms with Crippen LogP contribution in [0.1, 0.15) is 12.5 Å². The summed E-state index contributed by atoms with van der Waals surface area (Å²) < 4.78 is 37.4. The number of rotatable bonds is 6. The third kappa shape index (κ3) is 3.85. The van der Waals surface area contributed by atoms with Gasteiger partial charge in [-0.2, -0.15) is 8.75 Å². The lowest BCUT2D eigenvalue weighted by molar-refractivity contribution is 0.602. The molecule has 0 radical (unpaired) electrons. The maximum absolute atomic E-state index is 13.3. The van der Waals surface area contributed by atoms with Gasteiger partial charge in [-0.15, -0.1) is 0 Å². The summed E-state index contributed by atoms with van der Waals surface area (Å²) in [4.78, 5) is 9.21. The summed E-state index contributed by atoms with van der Waals surface area (Å²) in [6.07, 6.45) is 0.879. The second-order valence-corrected chi connectivity index (χ2v) is 9.26. The molecule has 0 fully saturated rings. The Balaban J connectivity index is 1.60. The molecule has 10 heteroatoms. The number of nitrogens with zero attached hydrogens (tertiary/aromatic N) is 4. The highest BCUT2D eigenvalue weighted by atomic mass is 32.2. The van der Waals surface area contributed by atoms with Crippen molar-refractivity contribution in [1.82, 2.24) is 18.7 Å². The number of aromatic nitrogens is 4. The van der Waals surface area contributed by atoms with Gasteiger partial charge in [-0.3, -0.25) is 4.72 Å². The van der Waals surface area contributed by atoms with E-state index in [4.69, 9.17) is 0 Å². The van der Waals surface area contributed by atoms with Gasteiger partial charge in [0.15, 0.2) is 11.6 Å². The lowest BCUT2D eigenvalue weighted by Gasteiger charge is -2.14. The molecular weight excluding hydrogens is 444 g/mol. The topological polar surface area (TPSA) is 110 Å². The average Bonchev–Trinajstić information content (AvgIpc) is 3.28. The van der Waals surface area contributed by atoms with Gasteiger partial charge >= 0.3 is 0 Å². The van der Waals surface area contributed by atoms with Crippen molar-refractivity contribution >= 4 is 61.1 Å². The number of benzene rings is 3. The molecule has 32 heavy (non-hydrogen) atoms. The Hall–Kier alpha value is -3.63. The Morgan fingerprint density at radius 2 is 1.56 bits per heavy atom. The van der Waals surface area contributed by atoms with Crippen LogP contribution in [0.25, 0.3) is 22.1 Å². The van der Waals surface area contributed by atoms with Crippen molar-refractivity contribution in [3.05, 3.63) is 72.3 Å². The smallest absolute Gasteiger partial charge is 0.265 e. The summed E-state index contributed by atoms with van der Waals surface area (Å²) in [5.41, 5.74) is 4.01. The molecule has 0 aliphatic heterocycles. The minimum atomic E-state index is -3.99. The third-order valence-electron chi connectivity index (χ3n) is 4.94. The molecule has 0 atom stereocenters. The second kappa shape index (κ2) is 8.13. The molecule has 0 amide bonds. The van der Waals surface area contributed by atoms with Crippen LogP contribution in [0.15, 0.2) is 71.6 Å². The van der Waals surface area contributed by atoms with Crippen LogP contribution in [-0.4, -0.2) is 27.1 Å². The summed E-state index contributed by atoms with van der Waals surface area (Å²) >= 11 is 0.967. The maximum atomic E-state index is 13.3. The largest absolute Gasteiger partial charge is 0.337 e. The number of para-hydroxylation sites is 2. The molecule has 0 bridgehead atoms. The zero-order valence-corrected chi connectivity index (χ0v) is 18.6. The highest BCUT2D eigenvalue weighted by molar-refractivity contribution is 7.93. The summed E-state index contributed by atoms with van der Waals surface area (Å²) in [6.45, 7) is 2.07. The van der Waals surface area contributed by atoms with E-state index in [1.54, 1.807) is 18.2 Å². The van der Waals surface area contributed by atoms with Crippen LogP contribution in [0, 0.1) is 0 Å². The molecule has 8 nitrogen and oxygen atoms in total. The van der Waals surface area contributed by atoms with E-state index in [0.29, 0.717) is 27.9 Å². The SMILES string of the molecule is CCc1cccc(Nc2nc3ccccc3nc2NS(=O)(=O)c2cccc3nsnc23)c1. The van der Waals surface area contributed by atoms with Gasteiger partial charge < -0.3 is 5.32 Å². The van der Waals surface area contributed by atoms with Gasteiger partial charge in [0.1, 0.15) is 15.9 Å². The summed E-state index contributed by atoms with van der Waals surface area (Å²) in [5, 5.41) is 3.22. The molecule has 2 N–H and O–H groups in total. The summed E-state index contributed by atoms with van der Waals surface area (Å²) in [5.74, 6) is 0.412. The van der Waals surface area contributed by atoms with E-state index in [-0.39, 0.29) is 10.7 Å². The quantitative estimate of drug-likeness (QED) is 0.375. The standard InChI is InChI=1S/C22H18N6O2S2/c1-2-14-7-5-8-15(13-14)23-21-22(25-17-10-4-3-9-16(17)24-21)28-32(29,30)19-12-6-11-18-20(19)27-31-26-18/h3-13H,2H2,1H3,(H,23,24)(H,25,28). The van der Waals surface area contributed by atoms with Crippen molar-refractivity contribution in [2.75, 3.05) is 10.0 Å². The van der Waals surface area contributed by atoms with Crippen LogP contribution in [-0.2, 0) is 16.4 Å². The Bertz CT molecular complexity index is 1550. The molecule has 3 aromatic carbocycles. The number of fused-ring (bicyclic) bond motifs is 2. The minimum absolute atomic E-state index is 0.0395. The van der Waals surface area contributed by atoms with E-state index < -0.39 is 10.0 Å². The van der Waals surface area contributed by atoms with E-state index in [1.807, 2.05) is 42.5 Å². The molecule has 5 rings (SSSR count). The van der Waals surface area contributed by atoms with Crippen molar-refractivity contribution in [1.29, 1.82) is 0 Å². The highest BCUT2D eigenvalue weighted by Crippen LogP contribution is 2.29. The molecule has 0 spiro atoms. The number of hydrogen-bond donors (Lipinski definition) is 2. The van der Waals surface area contributed by atoms with Crippen molar-refractivity contribution < 1.29 is 8.42 Å². The fourth-order valence-corrected chi connectivity index (χ4v) is 5.12. The van der Waals surface area contributed by atoms with Gasteiger partial charge in [0.2, 0.25) is 0 Å². The van der Waals surface area contributed by atoms with Crippen LogP contribution in [0.4, 0.5) is 17.3 Å². The Kier molecular flexibility index (Phi) is 5.16. The number of anilines is 3. The van der Waals surface area contributed by atoms with Gasteiger partial charge in [-0.25, -0.2) is 18.4 Å². The Morgan fingerprint density at radius 3 is 2.34 bits per heavy atom. The van der Waals surface area contributed by atoms with Crippen LogP contribution in [0.2, 0.25) is 0 Å². The van der Waals surface area contributed by atoms with Gasteiger partial charge in [-0.05, 0) is 48.4 Å². The van der Waals surface area contributed by atoms with Gasteiger partial charge in [-0.1, -0.05) is 37.3 Å². The normalized spacial score (nSPS) is 11.7. The van der Waals surface area contributed by atoms with Gasteiger partial charge in [0, 0.05) is 5.69 Å². The van der Waals surface area contributed by atoms with Crippen LogP contribution < -0.4 is 10.0 Å². The van der Waals surface area contributed by atoms with Crippen LogP contribution in [0.3, 0.4) is 0 Å². The van der Waals surface area contributed by atoms with Gasteiger partial charge in [0.05, 0.1) is 22.8 Å². The molecule has 2 heterocycles. The van der Waals surface area contributed by atoms with Crippen molar-refractivity contribution in [2.45, 2.75) is 18.2 Å². The van der Waals surface area contributed by atoms with Gasteiger partial charge in [0.25, 0.3) is 10.0 Å². The first-order valence-electron chi connectivity index (χ1n) is 9.90. The monoisotopic (exact) mass is 462 g/mol. The Morgan fingerprint density at radius 1 is 0.844 bits per heavy atom.